The van der Waals surface area contributed by atoms with Gasteiger partial charge in [-0.25, -0.2) is 4.98 Å². The van der Waals surface area contributed by atoms with Gasteiger partial charge in [0.15, 0.2) is 5.82 Å². The van der Waals surface area contributed by atoms with Gasteiger partial charge in [0.25, 0.3) is 0 Å². The maximum Gasteiger partial charge on any atom is 0.234 e. The van der Waals surface area contributed by atoms with Crippen LogP contribution in [0.25, 0.3) is 11.4 Å². The smallest absolute Gasteiger partial charge is 0.234 e. The van der Waals surface area contributed by atoms with Gasteiger partial charge in [0, 0.05) is 5.56 Å². The van der Waals surface area contributed by atoms with Gasteiger partial charge in [-0.05, 0) is 18.4 Å². The molecule has 0 atom stereocenters. The second-order valence-electron chi connectivity index (χ2n) is 6.79. The van der Waals surface area contributed by atoms with Crippen molar-refractivity contribution >= 4 is 0 Å². The van der Waals surface area contributed by atoms with E-state index in [1.165, 1.54) is 69.5 Å². The lowest BCUT2D eigenvalue weighted by Gasteiger charge is -2.05. The Hall–Kier alpha value is -2.28. The number of aryl methyl sites for hydroxylation is 1. The summed E-state index contributed by atoms with van der Waals surface area (Å²) in [7, 11) is 0. The highest BCUT2D eigenvalue weighted by atomic mass is 19.1. The van der Waals surface area contributed by atoms with Crippen LogP contribution in [0.1, 0.15) is 75.8 Å². The van der Waals surface area contributed by atoms with E-state index < -0.39 is 5.95 Å². The summed E-state index contributed by atoms with van der Waals surface area (Å²) in [6, 6.07) is 9.68. The molecule has 2 aromatic rings. The molecule has 0 amide bonds. The molecule has 0 radical (unpaired) electrons. The van der Waals surface area contributed by atoms with E-state index in [0.717, 1.165) is 12.0 Å². The molecular formula is C22H28FN3. The van der Waals surface area contributed by atoms with E-state index in [1.807, 2.05) is 12.1 Å². The number of hydrogen-bond donors (Lipinski definition) is 0. The van der Waals surface area contributed by atoms with Crippen molar-refractivity contribution in [3.8, 4) is 17.5 Å². The van der Waals surface area contributed by atoms with Crippen molar-refractivity contribution in [2.24, 2.45) is 0 Å². The minimum Gasteiger partial charge on any atom is -0.235 e. The van der Waals surface area contributed by atoms with Crippen molar-refractivity contribution in [3.63, 3.8) is 0 Å². The van der Waals surface area contributed by atoms with E-state index >= 15 is 0 Å². The number of hydrogen-bond acceptors (Lipinski definition) is 3. The molecule has 0 bridgehead atoms. The largest absolute Gasteiger partial charge is 0.235 e. The highest BCUT2D eigenvalue weighted by Crippen LogP contribution is 2.18. The molecule has 1 heterocycles. The minimum atomic E-state index is -0.767. The molecule has 3 nitrogen and oxygen atoms in total. The molecule has 0 aliphatic rings. The molecule has 1 aromatic heterocycles. The van der Waals surface area contributed by atoms with E-state index in [4.69, 9.17) is 5.26 Å². The number of benzene rings is 1. The number of nitrogens with zero attached hydrogens (tertiary/aromatic N) is 3. The third kappa shape index (κ3) is 6.55. The van der Waals surface area contributed by atoms with Crippen molar-refractivity contribution in [1.82, 2.24) is 9.97 Å². The van der Waals surface area contributed by atoms with Crippen LogP contribution in [0.2, 0.25) is 0 Å². The summed E-state index contributed by atoms with van der Waals surface area (Å²) in [6.45, 7) is 2.25. The monoisotopic (exact) mass is 353 g/mol. The second-order valence-corrected chi connectivity index (χ2v) is 6.79. The predicted octanol–water partition coefficient (Wildman–Crippen LogP) is 6.23. The van der Waals surface area contributed by atoms with Crippen molar-refractivity contribution < 1.29 is 4.39 Å². The SMILES string of the molecule is CCCCCCCCCCCc1ccc(-c2ncc(C#N)c(F)n2)cc1. The fraction of sp³-hybridized carbons (Fsp3) is 0.500. The normalized spacial score (nSPS) is 10.7. The molecule has 0 N–H and O–H groups in total. The lowest BCUT2D eigenvalue weighted by Crippen LogP contribution is -1.96. The van der Waals surface area contributed by atoms with Crippen molar-refractivity contribution in [2.75, 3.05) is 0 Å². The van der Waals surface area contributed by atoms with Crippen molar-refractivity contribution in [3.05, 3.63) is 47.5 Å². The standard InChI is InChI=1S/C22H28FN3/c1-2-3-4-5-6-7-8-9-10-11-18-12-14-19(15-13-18)22-25-17-20(16-24)21(23)26-22/h12-15,17H,2-11H2,1H3. The zero-order valence-corrected chi connectivity index (χ0v) is 15.7. The van der Waals surface area contributed by atoms with Gasteiger partial charge in [-0.3, -0.25) is 0 Å². The third-order valence-electron chi connectivity index (χ3n) is 4.64. The van der Waals surface area contributed by atoms with E-state index in [1.54, 1.807) is 6.07 Å². The summed E-state index contributed by atoms with van der Waals surface area (Å²) in [5.41, 5.74) is 1.92. The molecule has 0 saturated carbocycles. The zero-order chi connectivity index (χ0) is 18.6. The summed E-state index contributed by atoms with van der Waals surface area (Å²) < 4.78 is 13.6. The lowest BCUT2D eigenvalue weighted by molar-refractivity contribution is 0.565. The van der Waals surface area contributed by atoms with Crippen LogP contribution in [0.4, 0.5) is 4.39 Å². The number of rotatable bonds is 11. The van der Waals surface area contributed by atoms with Gasteiger partial charge in [-0.1, -0.05) is 82.6 Å². The van der Waals surface area contributed by atoms with E-state index in [9.17, 15) is 4.39 Å². The average Bonchev–Trinajstić information content (AvgIpc) is 2.67. The topological polar surface area (TPSA) is 49.6 Å². The lowest BCUT2D eigenvalue weighted by atomic mass is 10.0. The summed E-state index contributed by atoms with van der Waals surface area (Å²) in [6.07, 6.45) is 14.3. The summed E-state index contributed by atoms with van der Waals surface area (Å²) in [5.74, 6) is -0.451. The first-order valence-corrected chi connectivity index (χ1v) is 9.76. The van der Waals surface area contributed by atoms with Crippen LogP contribution in [0.15, 0.2) is 30.5 Å². The van der Waals surface area contributed by atoms with Crippen LogP contribution in [0.3, 0.4) is 0 Å². The van der Waals surface area contributed by atoms with Gasteiger partial charge in [-0.15, -0.1) is 0 Å². The molecule has 0 fully saturated rings. The molecule has 26 heavy (non-hydrogen) atoms. The highest BCUT2D eigenvalue weighted by molar-refractivity contribution is 5.55. The van der Waals surface area contributed by atoms with Crippen LogP contribution in [0.5, 0.6) is 0 Å². The van der Waals surface area contributed by atoms with Crippen molar-refractivity contribution in [1.29, 1.82) is 5.26 Å². The Balaban J connectivity index is 1.71. The van der Waals surface area contributed by atoms with Gasteiger partial charge < -0.3 is 0 Å². The summed E-state index contributed by atoms with van der Waals surface area (Å²) >= 11 is 0. The molecule has 4 heteroatoms. The highest BCUT2D eigenvalue weighted by Gasteiger charge is 2.07. The predicted molar refractivity (Wildman–Crippen MR) is 103 cm³/mol. The van der Waals surface area contributed by atoms with Crippen LogP contribution in [0, 0.1) is 17.3 Å². The Morgan fingerprint density at radius 3 is 2.12 bits per heavy atom. The molecule has 1 aromatic carbocycles. The summed E-state index contributed by atoms with van der Waals surface area (Å²) in [4.78, 5) is 7.83. The Bertz CT molecular complexity index is 704. The van der Waals surface area contributed by atoms with Gasteiger partial charge >= 0.3 is 0 Å². The molecule has 0 saturated heterocycles. The fourth-order valence-corrected chi connectivity index (χ4v) is 3.04. The van der Waals surface area contributed by atoms with Crippen LogP contribution in [-0.4, -0.2) is 9.97 Å². The molecule has 0 aliphatic heterocycles. The van der Waals surface area contributed by atoms with E-state index in [0.29, 0.717) is 5.82 Å². The van der Waals surface area contributed by atoms with Crippen LogP contribution in [-0.2, 0) is 6.42 Å². The molecule has 0 spiro atoms. The van der Waals surface area contributed by atoms with Gasteiger partial charge in [0.1, 0.15) is 11.6 Å². The van der Waals surface area contributed by atoms with Gasteiger partial charge in [-0.2, -0.15) is 14.6 Å². The van der Waals surface area contributed by atoms with Gasteiger partial charge in [0.2, 0.25) is 5.95 Å². The molecular weight excluding hydrogens is 325 g/mol. The van der Waals surface area contributed by atoms with Gasteiger partial charge in [0.05, 0.1) is 6.20 Å². The molecule has 0 aliphatic carbocycles. The van der Waals surface area contributed by atoms with Crippen molar-refractivity contribution in [2.45, 2.75) is 71.1 Å². The third-order valence-corrected chi connectivity index (χ3v) is 4.64. The quantitative estimate of drug-likeness (QED) is 0.355. The van der Waals surface area contributed by atoms with Crippen LogP contribution >= 0.6 is 0 Å². The minimum absolute atomic E-state index is 0.129. The maximum absolute atomic E-state index is 13.6. The first-order chi connectivity index (χ1) is 12.7. The fourth-order valence-electron chi connectivity index (χ4n) is 3.04. The second kappa shape index (κ2) is 11.4. The van der Waals surface area contributed by atoms with E-state index in [2.05, 4.69) is 29.0 Å². The Labute approximate surface area is 156 Å². The number of nitriles is 1. The molecule has 0 unspecified atom stereocenters. The molecule has 138 valence electrons. The van der Waals surface area contributed by atoms with E-state index in [-0.39, 0.29) is 5.56 Å². The maximum atomic E-state index is 13.6. The average molecular weight is 353 g/mol. The number of unbranched alkanes of at least 4 members (excludes halogenated alkanes) is 8. The zero-order valence-electron chi connectivity index (χ0n) is 15.7. The Kier molecular flexibility index (Phi) is 8.75. The van der Waals surface area contributed by atoms with Crippen LogP contribution < -0.4 is 0 Å². The Morgan fingerprint density at radius 1 is 0.923 bits per heavy atom. The molecule has 2 rings (SSSR count). The first kappa shape index (κ1) is 20.0. The number of aromatic nitrogens is 2. The summed E-state index contributed by atoms with van der Waals surface area (Å²) in [5, 5.41) is 8.73. The first-order valence-electron chi connectivity index (χ1n) is 9.76. The number of halogens is 1. The Morgan fingerprint density at radius 2 is 1.54 bits per heavy atom.